The number of ether oxygens (including phenoxy) is 1. The molecule has 0 aliphatic carbocycles. The molecule has 0 atom stereocenters. The van der Waals surface area contributed by atoms with E-state index in [9.17, 15) is 4.79 Å². The molecule has 0 radical (unpaired) electrons. The average molecular weight is 373 g/mol. The van der Waals surface area contributed by atoms with E-state index < -0.39 is 0 Å². The number of benzene rings is 1. The van der Waals surface area contributed by atoms with Gasteiger partial charge in [-0.3, -0.25) is 9.48 Å². The summed E-state index contributed by atoms with van der Waals surface area (Å²) in [5.41, 5.74) is 3.60. The van der Waals surface area contributed by atoms with Gasteiger partial charge in [-0.2, -0.15) is 5.10 Å². The minimum Gasteiger partial charge on any atom is -0.473 e. The monoisotopic (exact) mass is 373 g/mol. The molecule has 1 N–H and O–H groups in total. The van der Waals surface area contributed by atoms with Gasteiger partial charge in [0.2, 0.25) is 5.88 Å². The van der Waals surface area contributed by atoms with Crippen LogP contribution >= 0.6 is 0 Å². The van der Waals surface area contributed by atoms with Gasteiger partial charge in [0.15, 0.2) is 5.65 Å². The molecule has 7 nitrogen and oxygen atoms in total. The van der Waals surface area contributed by atoms with E-state index in [1.165, 1.54) is 0 Å². The summed E-state index contributed by atoms with van der Waals surface area (Å²) in [6, 6.07) is 15.0. The van der Waals surface area contributed by atoms with Crippen LogP contribution in [0.3, 0.4) is 0 Å². The van der Waals surface area contributed by atoms with Crippen LogP contribution < -0.4 is 10.1 Å². The molecule has 0 saturated carbocycles. The molecule has 4 aromatic rings. The summed E-state index contributed by atoms with van der Waals surface area (Å²) in [6.45, 7) is 2.26. The molecule has 4 rings (SSSR count). The summed E-state index contributed by atoms with van der Waals surface area (Å²) in [6.07, 6.45) is 3.25. The van der Waals surface area contributed by atoms with Gasteiger partial charge in [-0.15, -0.1) is 0 Å². The summed E-state index contributed by atoms with van der Waals surface area (Å²) < 4.78 is 7.38. The highest BCUT2D eigenvalue weighted by Gasteiger charge is 2.15. The molecule has 0 aliphatic rings. The van der Waals surface area contributed by atoms with Crippen molar-refractivity contribution in [3.05, 3.63) is 77.7 Å². The number of hydrogen-bond donors (Lipinski definition) is 1. The van der Waals surface area contributed by atoms with E-state index in [1.54, 1.807) is 42.3 Å². The fourth-order valence-electron chi connectivity index (χ4n) is 2.92. The third-order valence-electron chi connectivity index (χ3n) is 4.30. The fourth-order valence-corrected chi connectivity index (χ4v) is 2.92. The quantitative estimate of drug-likeness (QED) is 0.579. The third-order valence-corrected chi connectivity index (χ3v) is 4.30. The Morgan fingerprint density at radius 1 is 1.18 bits per heavy atom. The average Bonchev–Trinajstić information content (AvgIpc) is 3.07. The van der Waals surface area contributed by atoms with Crippen molar-refractivity contribution in [3.63, 3.8) is 0 Å². The van der Waals surface area contributed by atoms with Crippen molar-refractivity contribution >= 4 is 22.6 Å². The Morgan fingerprint density at radius 3 is 2.82 bits per heavy atom. The molecule has 0 unspecified atom stereocenters. The first-order valence-corrected chi connectivity index (χ1v) is 8.83. The number of carbonyl (C=O) groups is 1. The van der Waals surface area contributed by atoms with Crippen molar-refractivity contribution in [2.75, 3.05) is 5.32 Å². The Labute approximate surface area is 162 Å². The number of amides is 1. The van der Waals surface area contributed by atoms with Gasteiger partial charge in [-0.05, 0) is 24.6 Å². The molecule has 3 aromatic heterocycles. The van der Waals surface area contributed by atoms with Crippen LogP contribution in [0.5, 0.6) is 5.88 Å². The van der Waals surface area contributed by atoms with Crippen molar-refractivity contribution in [2.24, 2.45) is 7.05 Å². The summed E-state index contributed by atoms with van der Waals surface area (Å²) in [7, 11) is 1.80. The molecule has 3 heterocycles. The van der Waals surface area contributed by atoms with Gasteiger partial charge in [0.25, 0.3) is 5.91 Å². The lowest BCUT2D eigenvalue weighted by Crippen LogP contribution is -2.13. The van der Waals surface area contributed by atoms with Crippen LogP contribution in [0.25, 0.3) is 11.0 Å². The predicted octanol–water partition coefficient (Wildman–Crippen LogP) is 3.50. The summed E-state index contributed by atoms with van der Waals surface area (Å²) in [4.78, 5) is 21.5. The first-order valence-electron chi connectivity index (χ1n) is 8.83. The number of nitrogens with zero attached hydrogens (tertiary/aromatic N) is 4. The minimum absolute atomic E-state index is 0.233. The van der Waals surface area contributed by atoms with E-state index >= 15 is 0 Å². The number of carbonyl (C=O) groups excluding carboxylic acids is 1. The van der Waals surface area contributed by atoms with Crippen molar-refractivity contribution in [2.45, 2.75) is 13.5 Å². The molecule has 1 amide bonds. The third kappa shape index (κ3) is 3.68. The van der Waals surface area contributed by atoms with Crippen LogP contribution in [0, 0.1) is 6.92 Å². The Hall–Kier alpha value is -3.74. The zero-order chi connectivity index (χ0) is 19.5. The lowest BCUT2D eigenvalue weighted by molar-refractivity contribution is 0.102. The van der Waals surface area contributed by atoms with E-state index in [0.29, 0.717) is 34.8 Å². The Bertz CT molecular complexity index is 1140. The Morgan fingerprint density at radius 2 is 2.00 bits per heavy atom. The fraction of sp³-hybridized carbons (Fsp3) is 0.143. The van der Waals surface area contributed by atoms with Crippen LogP contribution in [0.4, 0.5) is 5.69 Å². The number of rotatable bonds is 5. The highest BCUT2D eigenvalue weighted by atomic mass is 16.5. The van der Waals surface area contributed by atoms with Gasteiger partial charge in [0.05, 0.1) is 17.1 Å². The lowest BCUT2D eigenvalue weighted by atomic mass is 10.1. The number of aromatic nitrogens is 4. The van der Waals surface area contributed by atoms with Gasteiger partial charge in [0.1, 0.15) is 6.61 Å². The van der Waals surface area contributed by atoms with Gasteiger partial charge < -0.3 is 10.1 Å². The Kier molecular flexibility index (Phi) is 4.72. The standard InChI is InChI=1S/C21H19N5O2/c1-14-10-17(18-12-23-26(2)20(18)24-14)21(27)25-16-8-9-22-19(11-16)28-13-15-6-4-3-5-7-15/h3-12H,13H2,1-2H3,(H,22,25,27). The molecule has 0 spiro atoms. The number of anilines is 1. The number of aryl methyl sites for hydroxylation is 2. The highest BCUT2D eigenvalue weighted by Crippen LogP contribution is 2.21. The largest absolute Gasteiger partial charge is 0.473 e. The smallest absolute Gasteiger partial charge is 0.256 e. The molecule has 0 aliphatic heterocycles. The van der Waals surface area contributed by atoms with Crippen LogP contribution in [-0.2, 0) is 13.7 Å². The maximum absolute atomic E-state index is 12.8. The van der Waals surface area contributed by atoms with Gasteiger partial charge in [0, 0.05) is 30.7 Å². The second kappa shape index (κ2) is 7.48. The zero-order valence-electron chi connectivity index (χ0n) is 15.6. The first kappa shape index (κ1) is 17.7. The number of nitrogens with one attached hydrogen (secondary N) is 1. The normalized spacial score (nSPS) is 10.8. The van der Waals surface area contributed by atoms with Crippen LogP contribution in [0.2, 0.25) is 0 Å². The molecule has 0 saturated heterocycles. The van der Waals surface area contributed by atoms with Crippen molar-refractivity contribution in [1.29, 1.82) is 0 Å². The van der Waals surface area contributed by atoms with Crippen molar-refractivity contribution in [3.8, 4) is 5.88 Å². The number of fused-ring (bicyclic) bond motifs is 1. The van der Waals surface area contributed by atoms with Crippen molar-refractivity contribution in [1.82, 2.24) is 19.7 Å². The van der Waals surface area contributed by atoms with E-state index in [0.717, 1.165) is 11.3 Å². The SMILES string of the molecule is Cc1cc(C(=O)Nc2ccnc(OCc3ccccc3)c2)c2cnn(C)c2n1. The molecule has 7 heteroatoms. The first-order chi connectivity index (χ1) is 13.6. The molecule has 1 aromatic carbocycles. The molecular weight excluding hydrogens is 354 g/mol. The second-order valence-electron chi connectivity index (χ2n) is 6.43. The van der Waals surface area contributed by atoms with Gasteiger partial charge in [-0.25, -0.2) is 9.97 Å². The van der Waals surface area contributed by atoms with Gasteiger partial charge >= 0.3 is 0 Å². The molecular formula is C21H19N5O2. The van der Waals surface area contributed by atoms with E-state index in [2.05, 4.69) is 20.4 Å². The predicted molar refractivity (Wildman–Crippen MR) is 106 cm³/mol. The lowest BCUT2D eigenvalue weighted by Gasteiger charge is -2.09. The topological polar surface area (TPSA) is 81.9 Å². The zero-order valence-corrected chi connectivity index (χ0v) is 15.6. The van der Waals surface area contributed by atoms with Crippen LogP contribution in [-0.4, -0.2) is 25.7 Å². The second-order valence-corrected chi connectivity index (χ2v) is 6.43. The van der Waals surface area contributed by atoms with Crippen LogP contribution in [0.15, 0.2) is 60.9 Å². The van der Waals surface area contributed by atoms with E-state index in [4.69, 9.17) is 4.74 Å². The van der Waals surface area contributed by atoms with Crippen LogP contribution in [0.1, 0.15) is 21.6 Å². The summed E-state index contributed by atoms with van der Waals surface area (Å²) in [5.74, 6) is 0.211. The van der Waals surface area contributed by atoms with E-state index in [-0.39, 0.29) is 5.91 Å². The number of pyridine rings is 2. The van der Waals surface area contributed by atoms with Crippen molar-refractivity contribution < 1.29 is 9.53 Å². The summed E-state index contributed by atoms with van der Waals surface area (Å²) in [5, 5.41) is 7.81. The maximum atomic E-state index is 12.8. The van der Waals surface area contributed by atoms with E-state index in [1.807, 2.05) is 37.3 Å². The highest BCUT2D eigenvalue weighted by molar-refractivity contribution is 6.12. The minimum atomic E-state index is -0.233. The molecule has 0 bridgehead atoms. The Balaban J connectivity index is 1.52. The molecule has 140 valence electrons. The molecule has 0 fully saturated rings. The number of hydrogen-bond acceptors (Lipinski definition) is 5. The molecule has 28 heavy (non-hydrogen) atoms. The maximum Gasteiger partial charge on any atom is 0.256 e. The summed E-state index contributed by atoms with van der Waals surface area (Å²) >= 11 is 0. The van der Waals surface area contributed by atoms with Gasteiger partial charge in [-0.1, -0.05) is 30.3 Å².